The molecule has 6 nitrogen and oxygen atoms in total. The van der Waals surface area contributed by atoms with E-state index in [4.69, 9.17) is 27.9 Å². The maximum absolute atomic E-state index is 12.6. The Morgan fingerprint density at radius 1 is 0.935 bits per heavy atom. The number of aromatic carboxylic acids is 1. The summed E-state index contributed by atoms with van der Waals surface area (Å²) in [6, 6.07) is 18.0. The van der Waals surface area contributed by atoms with Crippen LogP contribution < -0.4 is 10.1 Å². The van der Waals surface area contributed by atoms with Crippen LogP contribution in [0.15, 0.2) is 72.9 Å². The van der Waals surface area contributed by atoms with Gasteiger partial charge in [-0.2, -0.15) is 0 Å². The van der Waals surface area contributed by atoms with E-state index in [-0.39, 0.29) is 27.6 Å². The zero-order valence-corrected chi connectivity index (χ0v) is 17.3. The number of nitrogens with zero attached hydrogens (tertiary/aromatic N) is 1. The molecule has 4 rings (SSSR count). The van der Waals surface area contributed by atoms with E-state index < -0.39 is 11.9 Å². The number of rotatable bonds is 5. The average Bonchev–Trinajstić information content (AvgIpc) is 2.75. The SMILES string of the molecule is O=C(Nc1ccc(Oc2cccc3cccnc23)cc1C(=O)O)c1ccc(Cl)cc1Cl. The number of hydrogen-bond acceptors (Lipinski definition) is 4. The molecule has 3 aromatic carbocycles. The van der Waals surface area contributed by atoms with E-state index in [9.17, 15) is 14.7 Å². The van der Waals surface area contributed by atoms with Crippen LogP contribution in [0.4, 0.5) is 5.69 Å². The van der Waals surface area contributed by atoms with Crippen LogP contribution in [0.5, 0.6) is 11.5 Å². The highest BCUT2D eigenvalue weighted by atomic mass is 35.5. The second-order valence-electron chi connectivity index (χ2n) is 6.52. The van der Waals surface area contributed by atoms with Crippen LogP contribution >= 0.6 is 23.2 Å². The summed E-state index contributed by atoms with van der Waals surface area (Å²) in [5, 5.41) is 13.6. The number of fused-ring (bicyclic) bond motifs is 1. The van der Waals surface area contributed by atoms with E-state index in [0.29, 0.717) is 16.3 Å². The number of halogens is 2. The lowest BCUT2D eigenvalue weighted by Gasteiger charge is -2.13. The molecule has 0 fully saturated rings. The Morgan fingerprint density at radius 2 is 1.74 bits per heavy atom. The Hall–Kier alpha value is -3.61. The van der Waals surface area contributed by atoms with E-state index in [0.717, 1.165) is 5.39 Å². The summed E-state index contributed by atoms with van der Waals surface area (Å²) < 4.78 is 5.89. The summed E-state index contributed by atoms with van der Waals surface area (Å²) in [5.74, 6) is -1.01. The van der Waals surface area contributed by atoms with Crippen molar-refractivity contribution in [3.63, 3.8) is 0 Å². The first-order chi connectivity index (χ1) is 14.9. The van der Waals surface area contributed by atoms with Gasteiger partial charge in [0.2, 0.25) is 0 Å². The van der Waals surface area contributed by atoms with Crippen molar-refractivity contribution in [2.75, 3.05) is 5.32 Å². The Kier molecular flexibility index (Phi) is 5.75. The summed E-state index contributed by atoms with van der Waals surface area (Å²) in [4.78, 5) is 28.7. The van der Waals surface area contributed by atoms with Crippen LogP contribution in [0.25, 0.3) is 10.9 Å². The van der Waals surface area contributed by atoms with E-state index in [1.54, 1.807) is 18.3 Å². The minimum Gasteiger partial charge on any atom is -0.478 e. The third kappa shape index (κ3) is 4.45. The number of carboxylic acid groups (broad SMARTS) is 1. The zero-order valence-electron chi connectivity index (χ0n) is 15.8. The molecule has 0 unspecified atom stereocenters. The summed E-state index contributed by atoms with van der Waals surface area (Å²) >= 11 is 11.9. The molecule has 31 heavy (non-hydrogen) atoms. The van der Waals surface area contributed by atoms with Crippen LogP contribution in [0.2, 0.25) is 10.0 Å². The molecule has 1 amide bonds. The van der Waals surface area contributed by atoms with Gasteiger partial charge in [0.15, 0.2) is 5.75 Å². The van der Waals surface area contributed by atoms with Gasteiger partial charge in [-0.05, 0) is 48.5 Å². The van der Waals surface area contributed by atoms with Gasteiger partial charge in [0.25, 0.3) is 5.91 Å². The molecule has 1 heterocycles. The first-order valence-corrected chi connectivity index (χ1v) is 9.83. The highest BCUT2D eigenvalue weighted by Gasteiger charge is 2.17. The van der Waals surface area contributed by atoms with Crippen LogP contribution in [0.3, 0.4) is 0 Å². The lowest BCUT2D eigenvalue weighted by Crippen LogP contribution is -2.15. The number of carbonyl (C=O) groups is 2. The molecule has 8 heteroatoms. The third-order valence-electron chi connectivity index (χ3n) is 4.47. The van der Waals surface area contributed by atoms with Crippen molar-refractivity contribution in [3.05, 3.63) is 94.1 Å². The highest BCUT2D eigenvalue weighted by molar-refractivity contribution is 6.37. The van der Waals surface area contributed by atoms with E-state index in [1.165, 1.54) is 30.3 Å². The average molecular weight is 453 g/mol. The second kappa shape index (κ2) is 8.63. The van der Waals surface area contributed by atoms with Gasteiger partial charge in [-0.25, -0.2) is 4.79 Å². The molecule has 0 radical (unpaired) electrons. The van der Waals surface area contributed by atoms with E-state index >= 15 is 0 Å². The number of hydrogen-bond donors (Lipinski definition) is 2. The van der Waals surface area contributed by atoms with Crippen LogP contribution in [-0.2, 0) is 0 Å². The number of ether oxygens (including phenoxy) is 1. The largest absolute Gasteiger partial charge is 0.478 e. The van der Waals surface area contributed by atoms with Crippen molar-refractivity contribution in [2.45, 2.75) is 0 Å². The smallest absolute Gasteiger partial charge is 0.337 e. The van der Waals surface area contributed by atoms with Gasteiger partial charge in [-0.3, -0.25) is 9.78 Å². The summed E-state index contributed by atoms with van der Waals surface area (Å²) in [5.41, 5.74) is 0.789. The summed E-state index contributed by atoms with van der Waals surface area (Å²) in [6.45, 7) is 0. The second-order valence-corrected chi connectivity index (χ2v) is 7.37. The number of para-hydroxylation sites is 1. The van der Waals surface area contributed by atoms with Gasteiger partial charge in [0.05, 0.1) is 21.8 Å². The van der Waals surface area contributed by atoms with Crippen molar-refractivity contribution in [1.29, 1.82) is 0 Å². The quantitative estimate of drug-likeness (QED) is 0.371. The van der Waals surface area contributed by atoms with Gasteiger partial charge in [-0.1, -0.05) is 41.4 Å². The minimum atomic E-state index is -1.22. The predicted octanol–water partition coefficient (Wildman–Crippen LogP) is 6.28. The minimum absolute atomic E-state index is 0.104. The standard InChI is InChI=1S/C23H14Cl2N2O4/c24-14-6-8-16(18(25)11-14)22(28)27-19-9-7-15(12-17(19)23(29)30)31-20-5-1-3-13-4-2-10-26-21(13)20/h1-12H,(H,27,28)(H,29,30). The number of benzene rings is 3. The fourth-order valence-corrected chi connectivity index (χ4v) is 3.52. The number of pyridine rings is 1. The molecule has 0 saturated carbocycles. The molecule has 1 aromatic heterocycles. The fraction of sp³-hybridized carbons (Fsp3) is 0. The molecule has 0 bridgehead atoms. The number of anilines is 1. The van der Waals surface area contributed by atoms with Gasteiger partial charge < -0.3 is 15.2 Å². The van der Waals surface area contributed by atoms with Crippen molar-refractivity contribution in [3.8, 4) is 11.5 Å². The number of carboxylic acids is 1. The fourth-order valence-electron chi connectivity index (χ4n) is 3.02. The normalized spacial score (nSPS) is 10.6. The first kappa shape index (κ1) is 20.7. The Morgan fingerprint density at radius 3 is 2.52 bits per heavy atom. The monoisotopic (exact) mass is 452 g/mol. The number of carbonyl (C=O) groups excluding carboxylic acids is 1. The van der Waals surface area contributed by atoms with Gasteiger partial charge >= 0.3 is 5.97 Å². The van der Waals surface area contributed by atoms with Crippen molar-refractivity contribution in [1.82, 2.24) is 4.98 Å². The van der Waals surface area contributed by atoms with Gasteiger partial charge in [-0.15, -0.1) is 0 Å². The zero-order chi connectivity index (χ0) is 22.0. The van der Waals surface area contributed by atoms with Gasteiger partial charge in [0, 0.05) is 16.6 Å². The molecular formula is C23H14Cl2N2O4. The highest BCUT2D eigenvalue weighted by Crippen LogP contribution is 2.31. The molecule has 4 aromatic rings. The molecule has 0 atom stereocenters. The molecule has 2 N–H and O–H groups in total. The molecule has 0 saturated heterocycles. The van der Waals surface area contributed by atoms with Crippen molar-refractivity contribution >= 4 is 51.7 Å². The Bertz CT molecular complexity index is 1320. The number of amides is 1. The topological polar surface area (TPSA) is 88.5 Å². The molecular weight excluding hydrogens is 439 g/mol. The van der Waals surface area contributed by atoms with Crippen LogP contribution in [-0.4, -0.2) is 22.0 Å². The molecule has 0 spiro atoms. The maximum atomic E-state index is 12.6. The maximum Gasteiger partial charge on any atom is 0.337 e. The van der Waals surface area contributed by atoms with Gasteiger partial charge in [0.1, 0.15) is 11.3 Å². The van der Waals surface area contributed by atoms with Crippen LogP contribution in [0.1, 0.15) is 20.7 Å². The predicted molar refractivity (Wildman–Crippen MR) is 120 cm³/mol. The molecule has 0 aliphatic rings. The molecule has 154 valence electrons. The lowest BCUT2D eigenvalue weighted by atomic mass is 10.1. The van der Waals surface area contributed by atoms with E-state index in [2.05, 4.69) is 10.3 Å². The molecule has 0 aliphatic carbocycles. The Balaban J connectivity index is 1.64. The number of aromatic nitrogens is 1. The third-order valence-corrected chi connectivity index (χ3v) is 5.02. The van der Waals surface area contributed by atoms with Crippen molar-refractivity contribution in [2.24, 2.45) is 0 Å². The van der Waals surface area contributed by atoms with E-state index in [1.807, 2.05) is 24.3 Å². The summed E-state index contributed by atoms with van der Waals surface area (Å²) in [7, 11) is 0. The van der Waals surface area contributed by atoms with Crippen molar-refractivity contribution < 1.29 is 19.4 Å². The van der Waals surface area contributed by atoms with Crippen LogP contribution in [0, 0.1) is 0 Å². The summed E-state index contributed by atoms with van der Waals surface area (Å²) in [6.07, 6.45) is 1.65. The lowest BCUT2D eigenvalue weighted by molar-refractivity contribution is 0.0697. The Labute approximate surface area is 187 Å². The molecule has 0 aliphatic heterocycles. The first-order valence-electron chi connectivity index (χ1n) is 9.08. The number of nitrogens with one attached hydrogen (secondary N) is 1.